The first kappa shape index (κ1) is 14.5. The maximum atomic E-state index is 11.0. The topological polar surface area (TPSA) is 57.8 Å². The monoisotopic (exact) mass is 288 g/mol. The Labute approximate surface area is 125 Å². The van der Waals surface area contributed by atoms with E-state index in [1.165, 1.54) is 5.56 Å². The average molecular weight is 288 g/mol. The molecule has 0 bridgehead atoms. The van der Waals surface area contributed by atoms with E-state index in [-0.39, 0.29) is 12.0 Å². The molecule has 0 aromatic carbocycles. The lowest BCUT2D eigenvalue weighted by Gasteiger charge is -2.31. The summed E-state index contributed by atoms with van der Waals surface area (Å²) in [7, 11) is 0. The molecule has 0 spiro atoms. The number of nitrogens with zero attached hydrogens (tertiary/aromatic N) is 2. The summed E-state index contributed by atoms with van der Waals surface area (Å²) in [6.07, 6.45) is 8.31. The lowest BCUT2D eigenvalue weighted by atomic mass is 9.79. The van der Waals surface area contributed by atoms with E-state index in [4.69, 9.17) is 0 Å². The molecule has 0 aliphatic heterocycles. The molecule has 4 heteroatoms. The van der Waals surface area contributed by atoms with Crippen molar-refractivity contribution in [2.24, 2.45) is 5.92 Å². The zero-order chi connectivity index (χ0) is 15.0. The van der Waals surface area contributed by atoms with Crippen molar-refractivity contribution >= 4 is 5.52 Å². The fourth-order valence-electron chi connectivity index (χ4n) is 3.51. The van der Waals surface area contributed by atoms with Crippen LogP contribution in [0.25, 0.3) is 5.52 Å². The van der Waals surface area contributed by atoms with Crippen molar-refractivity contribution in [2.45, 2.75) is 57.7 Å². The summed E-state index contributed by atoms with van der Waals surface area (Å²) in [5.41, 5.74) is 3.22. The van der Waals surface area contributed by atoms with Gasteiger partial charge < -0.3 is 14.6 Å². The molecule has 1 aliphatic rings. The normalized spacial score (nSPS) is 24.6. The second-order valence-electron chi connectivity index (χ2n) is 6.54. The smallest absolute Gasteiger partial charge is 0.0992 e. The molecule has 114 valence electrons. The number of fused-ring (bicyclic) bond motifs is 1. The molecule has 2 heterocycles. The Morgan fingerprint density at radius 1 is 1.24 bits per heavy atom. The summed E-state index contributed by atoms with van der Waals surface area (Å²) in [4.78, 5) is 4.21. The second kappa shape index (κ2) is 5.78. The molecule has 0 unspecified atom stereocenters. The SMILES string of the molecule is CC(C)c1ccn2cncc2c1[C@H](O)C1CCC(O)CC1. The van der Waals surface area contributed by atoms with Crippen molar-refractivity contribution in [3.8, 4) is 0 Å². The molecule has 1 saturated carbocycles. The van der Waals surface area contributed by atoms with Gasteiger partial charge in [-0.1, -0.05) is 13.8 Å². The Kier molecular flexibility index (Phi) is 4.00. The van der Waals surface area contributed by atoms with Crippen molar-refractivity contribution in [3.05, 3.63) is 35.9 Å². The van der Waals surface area contributed by atoms with Crippen molar-refractivity contribution in [2.75, 3.05) is 0 Å². The number of pyridine rings is 1. The fourth-order valence-corrected chi connectivity index (χ4v) is 3.51. The van der Waals surface area contributed by atoms with Crippen LogP contribution in [0, 0.1) is 5.92 Å². The molecule has 0 radical (unpaired) electrons. The number of rotatable bonds is 3. The van der Waals surface area contributed by atoms with Gasteiger partial charge in [-0.3, -0.25) is 0 Å². The molecule has 1 atom stereocenters. The number of hydrogen-bond acceptors (Lipinski definition) is 3. The molecule has 1 fully saturated rings. The van der Waals surface area contributed by atoms with Crippen molar-refractivity contribution in [1.82, 2.24) is 9.38 Å². The predicted octanol–water partition coefficient (Wildman–Crippen LogP) is 3.04. The van der Waals surface area contributed by atoms with Crippen molar-refractivity contribution < 1.29 is 10.2 Å². The number of imidazole rings is 1. The summed E-state index contributed by atoms with van der Waals surface area (Å²) in [5, 5.41) is 20.6. The summed E-state index contributed by atoms with van der Waals surface area (Å²) < 4.78 is 1.97. The minimum atomic E-state index is -0.477. The largest absolute Gasteiger partial charge is 0.393 e. The fraction of sp³-hybridized carbons (Fsp3) is 0.588. The van der Waals surface area contributed by atoms with Gasteiger partial charge in [0.05, 0.1) is 30.2 Å². The molecule has 2 aromatic heterocycles. The zero-order valence-corrected chi connectivity index (χ0v) is 12.7. The molecule has 2 N–H and O–H groups in total. The Hall–Kier alpha value is -1.39. The van der Waals surface area contributed by atoms with Crippen molar-refractivity contribution in [1.29, 1.82) is 0 Å². The van der Waals surface area contributed by atoms with E-state index in [1.807, 2.05) is 16.8 Å². The van der Waals surface area contributed by atoms with Gasteiger partial charge in [-0.15, -0.1) is 0 Å². The van der Waals surface area contributed by atoms with Gasteiger partial charge in [0.2, 0.25) is 0 Å². The summed E-state index contributed by atoms with van der Waals surface area (Å²) in [6, 6.07) is 2.09. The number of aliphatic hydroxyl groups excluding tert-OH is 2. The second-order valence-corrected chi connectivity index (χ2v) is 6.54. The lowest BCUT2D eigenvalue weighted by molar-refractivity contribution is 0.0414. The minimum Gasteiger partial charge on any atom is -0.393 e. The summed E-state index contributed by atoms with van der Waals surface area (Å²) >= 11 is 0. The van der Waals surface area contributed by atoms with E-state index in [1.54, 1.807) is 6.33 Å². The van der Waals surface area contributed by atoms with Gasteiger partial charge in [0.15, 0.2) is 0 Å². The molecule has 2 aromatic rings. The van der Waals surface area contributed by atoms with Crippen LogP contribution in [0.2, 0.25) is 0 Å². The molecule has 0 amide bonds. The first-order chi connectivity index (χ1) is 10.1. The lowest BCUT2D eigenvalue weighted by Crippen LogP contribution is -2.24. The Bertz CT molecular complexity index is 612. The standard InChI is InChI=1S/C17H24N2O2/c1-11(2)14-7-8-19-10-18-9-15(19)16(14)17(21)12-3-5-13(20)6-4-12/h7-13,17,20-21H,3-6H2,1-2H3/t12?,13?,17-/m1/s1. The van der Waals surface area contributed by atoms with Crippen molar-refractivity contribution in [3.63, 3.8) is 0 Å². The predicted molar refractivity (Wildman–Crippen MR) is 82.2 cm³/mol. The van der Waals surface area contributed by atoms with Gasteiger partial charge in [-0.2, -0.15) is 0 Å². The third kappa shape index (κ3) is 2.70. The Balaban J connectivity index is 2.01. The van der Waals surface area contributed by atoms with Gasteiger partial charge in [-0.25, -0.2) is 4.98 Å². The molecular weight excluding hydrogens is 264 g/mol. The first-order valence-electron chi connectivity index (χ1n) is 7.88. The number of aromatic nitrogens is 2. The third-order valence-corrected chi connectivity index (χ3v) is 4.77. The van der Waals surface area contributed by atoms with Crippen LogP contribution in [-0.2, 0) is 0 Å². The molecule has 0 saturated heterocycles. The highest BCUT2D eigenvalue weighted by Crippen LogP contribution is 2.39. The number of hydrogen-bond donors (Lipinski definition) is 2. The zero-order valence-electron chi connectivity index (χ0n) is 12.7. The van der Waals surface area contributed by atoms with Gasteiger partial charge >= 0.3 is 0 Å². The van der Waals surface area contributed by atoms with E-state index in [0.29, 0.717) is 5.92 Å². The van der Waals surface area contributed by atoms with Crippen LogP contribution in [0.5, 0.6) is 0 Å². The minimum absolute atomic E-state index is 0.191. The van der Waals surface area contributed by atoms with E-state index < -0.39 is 6.10 Å². The van der Waals surface area contributed by atoms with Gasteiger partial charge in [0.1, 0.15) is 0 Å². The van der Waals surface area contributed by atoms with Crippen LogP contribution in [0.3, 0.4) is 0 Å². The van der Waals surface area contributed by atoms with Crippen LogP contribution in [0.4, 0.5) is 0 Å². The summed E-state index contributed by atoms with van der Waals surface area (Å²) in [6.45, 7) is 4.31. The van der Waals surface area contributed by atoms with Crippen LogP contribution in [0.15, 0.2) is 24.8 Å². The van der Waals surface area contributed by atoms with Crippen LogP contribution in [0.1, 0.15) is 62.7 Å². The van der Waals surface area contributed by atoms with Gasteiger partial charge in [-0.05, 0) is 49.1 Å². The molecule has 4 nitrogen and oxygen atoms in total. The van der Waals surface area contributed by atoms with Crippen LogP contribution >= 0.6 is 0 Å². The van der Waals surface area contributed by atoms with E-state index in [9.17, 15) is 10.2 Å². The van der Waals surface area contributed by atoms with Crippen LogP contribution < -0.4 is 0 Å². The average Bonchev–Trinajstić information content (AvgIpc) is 2.94. The third-order valence-electron chi connectivity index (χ3n) is 4.77. The van der Waals surface area contributed by atoms with Gasteiger partial charge in [0.25, 0.3) is 0 Å². The Morgan fingerprint density at radius 3 is 2.62 bits per heavy atom. The highest BCUT2D eigenvalue weighted by molar-refractivity contribution is 5.58. The number of aliphatic hydroxyl groups is 2. The molecule has 21 heavy (non-hydrogen) atoms. The maximum Gasteiger partial charge on any atom is 0.0992 e. The van der Waals surface area contributed by atoms with E-state index in [0.717, 1.165) is 36.8 Å². The first-order valence-corrected chi connectivity index (χ1v) is 7.88. The quantitative estimate of drug-likeness (QED) is 0.912. The Morgan fingerprint density at radius 2 is 1.95 bits per heavy atom. The van der Waals surface area contributed by atoms with Gasteiger partial charge in [0, 0.05) is 11.8 Å². The van der Waals surface area contributed by atoms with Crippen LogP contribution in [-0.4, -0.2) is 25.7 Å². The van der Waals surface area contributed by atoms with E-state index >= 15 is 0 Å². The highest BCUT2D eigenvalue weighted by Gasteiger charge is 2.29. The highest BCUT2D eigenvalue weighted by atomic mass is 16.3. The molecule has 1 aliphatic carbocycles. The summed E-state index contributed by atoms with van der Waals surface area (Å²) in [5.74, 6) is 0.593. The molecular formula is C17H24N2O2. The van der Waals surface area contributed by atoms with E-state index in [2.05, 4.69) is 24.9 Å². The maximum absolute atomic E-state index is 11.0. The molecule has 3 rings (SSSR count).